The van der Waals surface area contributed by atoms with E-state index in [0.717, 1.165) is 5.56 Å². The summed E-state index contributed by atoms with van der Waals surface area (Å²) in [5.41, 5.74) is 7.86. The molecule has 0 fully saturated rings. The molecule has 2 rings (SSSR count). The second kappa shape index (κ2) is 5.02. The minimum absolute atomic E-state index is 0.0762. The van der Waals surface area contributed by atoms with Crippen molar-refractivity contribution in [2.75, 3.05) is 5.73 Å². The fourth-order valence-electron chi connectivity index (χ4n) is 1.56. The van der Waals surface area contributed by atoms with Crippen LogP contribution in [0.5, 0.6) is 0 Å². The highest BCUT2D eigenvalue weighted by Crippen LogP contribution is 2.13. The standard InChI is InChI=1S/C14H12ClNO/c15-12-5-1-10(2-6-12)9-14(17)11-3-7-13(16)8-4-11/h1-8H,9,16H2. The first-order valence-corrected chi connectivity index (χ1v) is 5.66. The molecule has 3 heteroatoms. The zero-order valence-electron chi connectivity index (χ0n) is 9.19. The highest BCUT2D eigenvalue weighted by molar-refractivity contribution is 6.30. The maximum absolute atomic E-state index is 11.9. The molecule has 0 spiro atoms. The van der Waals surface area contributed by atoms with Gasteiger partial charge in [-0.2, -0.15) is 0 Å². The number of benzene rings is 2. The van der Waals surface area contributed by atoms with E-state index < -0.39 is 0 Å². The van der Waals surface area contributed by atoms with Crippen molar-refractivity contribution in [3.05, 3.63) is 64.7 Å². The smallest absolute Gasteiger partial charge is 0.167 e. The van der Waals surface area contributed by atoms with Gasteiger partial charge in [-0.25, -0.2) is 0 Å². The Kier molecular flexibility index (Phi) is 3.45. The van der Waals surface area contributed by atoms with Crippen LogP contribution in [0.2, 0.25) is 5.02 Å². The molecule has 0 heterocycles. The maximum atomic E-state index is 11.9. The minimum Gasteiger partial charge on any atom is -0.399 e. The second-order valence-electron chi connectivity index (χ2n) is 3.85. The van der Waals surface area contributed by atoms with E-state index in [1.807, 2.05) is 12.1 Å². The molecule has 0 bridgehead atoms. The largest absolute Gasteiger partial charge is 0.399 e. The van der Waals surface area contributed by atoms with Crippen LogP contribution in [0, 0.1) is 0 Å². The zero-order chi connectivity index (χ0) is 12.3. The van der Waals surface area contributed by atoms with Gasteiger partial charge in [0.25, 0.3) is 0 Å². The molecule has 0 aromatic heterocycles. The van der Waals surface area contributed by atoms with Crippen molar-refractivity contribution in [3.63, 3.8) is 0 Å². The molecular weight excluding hydrogens is 234 g/mol. The Morgan fingerprint density at radius 2 is 1.59 bits per heavy atom. The van der Waals surface area contributed by atoms with E-state index in [2.05, 4.69) is 0 Å². The predicted octanol–water partition coefficient (Wildman–Crippen LogP) is 3.35. The number of nitrogens with two attached hydrogens (primary N) is 1. The molecule has 0 saturated heterocycles. The summed E-state index contributed by atoms with van der Waals surface area (Å²) in [5, 5.41) is 0.675. The van der Waals surface area contributed by atoms with E-state index in [4.69, 9.17) is 17.3 Å². The third-order valence-electron chi connectivity index (χ3n) is 2.51. The molecule has 2 nitrogen and oxygen atoms in total. The summed E-state index contributed by atoms with van der Waals surface area (Å²) in [7, 11) is 0. The first-order chi connectivity index (χ1) is 8.15. The van der Waals surface area contributed by atoms with Crippen LogP contribution < -0.4 is 5.73 Å². The number of hydrogen-bond acceptors (Lipinski definition) is 2. The molecule has 0 amide bonds. The zero-order valence-corrected chi connectivity index (χ0v) is 9.95. The normalized spacial score (nSPS) is 10.2. The van der Waals surface area contributed by atoms with Gasteiger partial charge in [0, 0.05) is 22.7 Å². The van der Waals surface area contributed by atoms with E-state index in [0.29, 0.717) is 22.7 Å². The van der Waals surface area contributed by atoms with Crippen LogP contribution in [0.15, 0.2) is 48.5 Å². The number of rotatable bonds is 3. The molecule has 2 aromatic carbocycles. The van der Waals surface area contributed by atoms with Crippen molar-refractivity contribution in [2.45, 2.75) is 6.42 Å². The first kappa shape index (κ1) is 11.7. The lowest BCUT2D eigenvalue weighted by atomic mass is 10.0. The summed E-state index contributed by atoms with van der Waals surface area (Å²) in [6.07, 6.45) is 0.376. The molecule has 0 saturated carbocycles. The van der Waals surface area contributed by atoms with E-state index >= 15 is 0 Å². The molecule has 0 unspecified atom stereocenters. The molecule has 2 aromatic rings. The van der Waals surface area contributed by atoms with Crippen LogP contribution in [0.4, 0.5) is 5.69 Å². The number of nitrogen functional groups attached to an aromatic ring is 1. The summed E-state index contributed by atoms with van der Waals surface area (Å²) < 4.78 is 0. The average molecular weight is 246 g/mol. The third kappa shape index (κ3) is 3.08. The van der Waals surface area contributed by atoms with Crippen molar-refractivity contribution >= 4 is 23.1 Å². The van der Waals surface area contributed by atoms with Gasteiger partial charge in [0.2, 0.25) is 0 Å². The fraction of sp³-hybridized carbons (Fsp3) is 0.0714. The highest BCUT2D eigenvalue weighted by Gasteiger charge is 2.06. The van der Waals surface area contributed by atoms with E-state index in [9.17, 15) is 4.79 Å². The lowest BCUT2D eigenvalue weighted by molar-refractivity contribution is 0.0993. The van der Waals surface area contributed by atoms with Gasteiger partial charge in [0.15, 0.2) is 5.78 Å². The van der Waals surface area contributed by atoms with Gasteiger partial charge in [-0.1, -0.05) is 23.7 Å². The van der Waals surface area contributed by atoms with Crippen LogP contribution in [-0.2, 0) is 6.42 Å². The quantitative estimate of drug-likeness (QED) is 0.666. The van der Waals surface area contributed by atoms with Crippen LogP contribution in [0.25, 0.3) is 0 Å². The molecular formula is C14H12ClNO. The molecule has 86 valence electrons. The van der Waals surface area contributed by atoms with Crippen LogP contribution in [0.1, 0.15) is 15.9 Å². The Hall–Kier alpha value is -1.80. The number of halogens is 1. The van der Waals surface area contributed by atoms with Crippen LogP contribution >= 0.6 is 11.6 Å². The molecule has 0 aliphatic rings. The number of carbonyl (C=O) groups is 1. The second-order valence-corrected chi connectivity index (χ2v) is 4.28. The minimum atomic E-state index is 0.0762. The fourth-order valence-corrected chi connectivity index (χ4v) is 1.68. The van der Waals surface area contributed by atoms with E-state index in [-0.39, 0.29) is 5.78 Å². The van der Waals surface area contributed by atoms with Gasteiger partial charge >= 0.3 is 0 Å². The number of ketones is 1. The average Bonchev–Trinajstić information content (AvgIpc) is 2.33. The van der Waals surface area contributed by atoms with E-state index in [1.165, 1.54) is 0 Å². The van der Waals surface area contributed by atoms with Gasteiger partial charge in [0.1, 0.15) is 0 Å². The van der Waals surface area contributed by atoms with Crippen molar-refractivity contribution in [2.24, 2.45) is 0 Å². The van der Waals surface area contributed by atoms with Crippen molar-refractivity contribution in [1.29, 1.82) is 0 Å². The van der Waals surface area contributed by atoms with Crippen LogP contribution in [-0.4, -0.2) is 5.78 Å². The number of hydrogen-bond donors (Lipinski definition) is 1. The third-order valence-corrected chi connectivity index (χ3v) is 2.76. The van der Waals surface area contributed by atoms with Gasteiger partial charge in [0.05, 0.1) is 0 Å². The summed E-state index contributed by atoms with van der Waals surface area (Å²) in [5.74, 6) is 0.0762. The van der Waals surface area contributed by atoms with Crippen molar-refractivity contribution in [3.8, 4) is 0 Å². The molecule has 17 heavy (non-hydrogen) atoms. The molecule has 0 aliphatic heterocycles. The summed E-state index contributed by atoms with van der Waals surface area (Å²) in [6.45, 7) is 0. The number of carbonyl (C=O) groups excluding carboxylic acids is 1. The Morgan fingerprint density at radius 1 is 1.00 bits per heavy atom. The SMILES string of the molecule is Nc1ccc(C(=O)Cc2ccc(Cl)cc2)cc1. The Labute approximate surface area is 105 Å². The van der Waals surface area contributed by atoms with Gasteiger partial charge in [-0.3, -0.25) is 4.79 Å². The monoisotopic (exact) mass is 245 g/mol. The van der Waals surface area contributed by atoms with E-state index in [1.54, 1.807) is 36.4 Å². The Morgan fingerprint density at radius 3 is 2.18 bits per heavy atom. The highest BCUT2D eigenvalue weighted by atomic mass is 35.5. The number of anilines is 1. The summed E-state index contributed by atoms with van der Waals surface area (Å²) >= 11 is 5.78. The number of Topliss-reactive ketones (excluding diaryl/α,β-unsaturated/α-hetero) is 1. The molecule has 2 N–H and O–H groups in total. The van der Waals surface area contributed by atoms with Crippen LogP contribution in [0.3, 0.4) is 0 Å². The van der Waals surface area contributed by atoms with Crippen molar-refractivity contribution in [1.82, 2.24) is 0 Å². The molecule has 0 aliphatic carbocycles. The van der Waals surface area contributed by atoms with Gasteiger partial charge in [-0.05, 0) is 42.0 Å². The molecule has 0 atom stereocenters. The van der Waals surface area contributed by atoms with Gasteiger partial charge in [-0.15, -0.1) is 0 Å². The Balaban J connectivity index is 2.11. The first-order valence-electron chi connectivity index (χ1n) is 5.28. The summed E-state index contributed by atoms with van der Waals surface area (Å²) in [4.78, 5) is 11.9. The topological polar surface area (TPSA) is 43.1 Å². The summed E-state index contributed by atoms with van der Waals surface area (Å²) in [6, 6.07) is 14.2. The van der Waals surface area contributed by atoms with Gasteiger partial charge < -0.3 is 5.73 Å². The lowest BCUT2D eigenvalue weighted by Gasteiger charge is -2.02. The molecule has 0 radical (unpaired) electrons. The maximum Gasteiger partial charge on any atom is 0.167 e. The lowest BCUT2D eigenvalue weighted by Crippen LogP contribution is -2.03. The van der Waals surface area contributed by atoms with Crippen molar-refractivity contribution < 1.29 is 4.79 Å². The predicted molar refractivity (Wildman–Crippen MR) is 70.3 cm³/mol. The Bertz CT molecular complexity index is 517.